The molecule has 1 unspecified atom stereocenters. The average molecular weight is 431 g/mol. The van der Waals surface area contributed by atoms with E-state index in [1.807, 2.05) is 0 Å². The maximum atomic E-state index is 14.0. The summed E-state index contributed by atoms with van der Waals surface area (Å²) in [6, 6.07) is 9.40. The molecule has 0 N–H and O–H groups in total. The van der Waals surface area contributed by atoms with Crippen LogP contribution in [0.3, 0.4) is 0 Å². The number of likely N-dealkylation sites (tertiary alicyclic amines) is 1. The molecule has 2 fully saturated rings. The first-order valence-corrected chi connectivity index (χ1v) is 10.1. The largest absolute Gasteiger partial charge is 0.467 e. The number of halogens is 2. The van der Waals surface area contributed by atoms with Crippen LogP contribution in [0.25, 0.3) is 11.1 Å². The first-order chi connectivity index (χ1) is 14.9. The number of esters is 1. The van der Waals surface area contributed by atoms with E-state index < -0.39 is 29.4 Å². The monoisotopic (exact) mass is 431 g/mol. The van der Waals surface area contributed by atoms with Crippen LogP contribution in [-0.4, -0.2) is 55.5 Å². The van der Waals surface area contributed by atoms with E-state index in [1.165, 1.54) is 24.1 Å². The highest BCUT2D eigenvalue weighted by Crippen LogP contribution is 2.35. The minimum atomic E-state index is -0.975. The quantitative estimate of drug-likeness (QED) is 0.697. The van der Waals surface area contributed by atoms with Crippen molar-refractivity contribution in [2.24, 2.45) is 0 Å². The maximum absolute atomic E-state index is 14.0. The molecule has 2 saturated heterocycles. The highest BCUT2D eigenvalue weighted by molar-refractivity contribution is 5.86. The van der Waals surface area contributed by atoms with Crippen LogP contribution in [0.5, 0.6) is 0 Å². The molecule has 164 valence electrons. The van der Waals surface area contributed by atoms with Gasteiger partial charge in [-0.2, -0.15) is 0 Å². The van der Waals surface area contributed by atoms with Gasteiger partial charge in [-0.3, -0.25) is 4.79 Å². The number of hydrogen-bond acceptors (Lipinski definition) is 5. The first kappa shape index (κ1) is 21.4. The Morgan fingerprint density at radius 1 is 1.13 bits per heavy atom. The number of ether oxygens (including phenoxy) is 3. The summed E-state index contributed by atoms with van der Waals surface area (Å²) in [6.45, 7) is 1.18. The summed E-state index contributed by atoms with van der Waals surface area (Å²) < 4.78 is 43.6. The van der Waals surface area contributed by atoms with Crippen molar-refractivity contribution in [1.29, 1.82) is 0 Å². The second-order valence-electron chi connectivity index (χ2n) is 7.72. The summed E-state index contributed by atoms with van der Waals surface area (Å²) in [6.07, 6.45) is 1.05. The number of benzene rings is 2. The molecule has 6 nitrogen and oxygen atoms in total. The predicted octanol–water partition coefficient (Wildman–Crippen LogP) is 3.08. The molecule has 1 spiro atoms. The van der Waals surface area contributed by atoms with Gasteiger partial charge in [-0.15, -0.1) is 0 Å². The van der Waals surface area contributed by atoms with Crippen LogP contribution >= 0.6 is 0 Å². The van der Waals surface area contributed by atoms with Gasteiger partial charge in [-0.05, 0) is 29.7 Å². The van der Waals surface area contributed by atoms with E-state index in [9.17, 15) is 18.4 Å². The van der Waals surface area contributed by atoms with Crippen LogP contribution in [-0.2, 0) is 30.2 Å². The van der Waals surface area contributed by atoms with Gasteiger partial charge in [0.15, 0.2) is 5.79 Å². The zero-order valence-electron chi connectivity index (χ0n) is 17.1. The van der Waals surface area contributed by atoms with Gasteiger partial charge in [0.2, 0.25) is 5.91 Å². The van der Waals surface area contributed by atoms with Crippen molar-refractivity contribution < 1.29 is 32.6 Å². The Labute approximate surface area is 178 Å². The van der Waals surface area contributed by atoms with Crippen molar-refractivity contribution >= 4 is 11.9 Å². The van der Waals surface area contributed by atoms with Gasteiger partial charge >= 0.3 is 5.97 Å². The van der Waals surface area contributed by atoms with Gasteiger partial charge in [0, 0.05) is 18.1 Å². The number of rotatable bonds is 4. The van der Waals surface area contributed by atoms with Gasteiger partial charge in [0.05, 0.1) is 33.3 Å². The smallest absolute Gasteiger partial charge is 0.328 e. The van der Waals surface area contributed by atoms with E-state index in [0.29, 0.717) is 24.3 Å². The van der Waals surface area contributed by atoms with Gasteiger partial charge in [0.25, 0.3) is 0 Å². The lowest BCUT2D eigenvalue weighted by atomic mass is 10.0. The fourth-order valence-electron chi connectivity index (χ4n) is 4.08. The molecule has 1 atom stereocenters. The van der Waals surface area contributed by atoms with Crippen molar-refractivity contribution in [1.82, 2.24) is 4.90 Å². The third kappa shape index (κ3) is 4.45. The van der Waals surface area contributed by atoms with E-state index in [4.69, 9.17) is 14.2 Å². The molecule has 2 aliphatic rings. The average Bonchev–Trinajstić information content (AvgIpc) is 3.13. The van der Waals surface area contributed by atoms with Crippen LogP contribution in [0.2, 0.25) is 0 Å². The summed E-state index contributed by atoms with van der Waals surface area (Å²) >= 11 is 0. The SMILES string of the molecule is COC(=O)C1CC2(CN1C(=O)Cc1ccc(-c3ccc(F)cc3F)cc1)OCCCO2. The molecule has 8 heteroatoms. The third-order valence-corrected chi connectivity index (χ3v) is 5.66. The fourth-order valence-corrected chi connectivity index (χ4v) is 4.08. The van der Waals surface area contributed by atoms with Crippen molar-refractivity contribution in [3.63, 3.8) is 0 Å². The van der Waals surface area contributed by atoms with E-state index in [-0.39, 0.29) is 30.9 Å². The number of methoxy groups -OCH3 is 1. The van der Waals surface area contributed by atoms with Crippen LogP contribution < -0.4 is 0 Å². The molecule has 0 aromatic heterocycles. The van der Waals surface area contributed by atoms with E-state index in [0.717, 1.165) is 12.5 Å². The Bertz CT molecular complexity index is 972. The summed E-state index contributed by atoms with van der Waals surface area (Å²) in [5.41, 5.74) is 1.55. The van der Waals surface area contributed by atoms with Crippen molar-refractivity contribution in [2.45, 2.75) is 31.1 Å². The fraction of sp³-hybridized carbons (Fsp3) is 0.391. The summed E-state index contributed by atoms with van der Waals surface area (Å²) in [7, 11) is 1.28. The molecule has 0 bridgehead atoms. The Hall–Kier alpha value is -2.84. The van der Waals surface area contributed by atoms with Crippen molar-refractivity contribution in [3.05, 3.63) is 59.7 Å². The number of carbonyl (C=O) groups is 2. The second kappa shape index (κ2) is 8.72. The summed E-state index contributed by atoms with van der Waals surface area (Å²) in [4.78, 5) is 26.7. The van der Waals surface area contributed by atoms with Crippen LogP contribution in [0.15, 0.2) is 42.5 Å². The highest BCUT2D eigenvalue weighted by Gasteiger charge is 2.52. The van der Waals surface area contributed by atoms with E-state index in [2.05, 4.69) is 0 Å². The third-order valence-electron chi connectivity index (χ3n) is 5.66. The minimum Gasteiger partial charge on any atom is -0.467 e. The standard InChI is InChI=1S/C23H23F2NO5/c1-29-22(28)20-13-23(30-9-2-10-31-23)14-26(20)21(27)11-15-3-5-16(6-4-15)18-8-7-17(24)12-19(18)25/h3-8,12,20H,2,9-11,13-14H2,1H3. The Morgan fingerprint density at radius 2 is 1.84 bits per heavy atom. The molecule has 0 aliphatic carbocycles. The Morgan fingerprint density at radius 3 is 2.48 bits per heavy atom. The zero-order chi connectivity index (χ0) is 22.0. The Kier molecular flexibility index (Phi) is 6.02. The number of amides is 1. The van der Waals surface area contributed by atoms with Crippen molar-refractivity contribution in [2.75, 3.05) is 26.9 Å². The number of hydrogen-bond donors (Lipinski definition) is 0. The second-order valence-corrected chi connectivity index (χ2v) is 7.72. The number of nitrogens with zero attached hydrogens (tertiary/aromatic N) is 1. The van der Waals surface area contributed by atoms with Crippen LogP contribution in [0.4, 0.5) is 8.78 Å². The molecular weight excluding hydrogens is 408 g/mol. The molecule has 0 saturated carbocycles. The molecule has 2 aromatic carbocycles. The molecule has 4 rings (SSSR count). The zero-order valence-corrected chi connectivity index (χ0v) is 17.1. The van der Waals surface area contributed by atoms with Gasteiger partial charge in [0.1, 0.15) is 17.7 Å². The summed E-state index contributed by atoms with van der Waals surface area (Å²) in [5.74, 6) is -3.04. The van der Waals surface area contributed by atoms with Crippen molar-refractivity contribution in [3.8, 4) is 11.1 Å². The van der Waals surface area contributed by atoms with Crippen LogP contribution in [0, 0.1) is 11.6 Å². The molecule has 2 aromatic rings. The molecule has 2 aliphatic heterocycles. The topological polar surface area (TPSA) is 65.1 Å². The highest BCUT2D eigenvalue weighted by atomic mass is 19.1. The molecule has 0 radical (unpaired) electrons. The van der Waals surface area contributed by atoms with Gasteiger partial charge in [-0.1, -0.05) is 24.3 Å². The first-order valence-electron chi connectivity index (χ1n) is 10.1. The van der Waals surface area contributed by atoms with Crippen LogP contribution in [0.1, 0.15) is 18.4 Å². The predicted molar refractivity (Wildman–Crippen MR) is 107 cm³/mol. The molecule has 1 amide bonds. The normalized spacial score (nSPS) is 20.1. The maximum Gasteiger partial charge on any atom is 0.328 e. The lowest BCUT2D eigenvalue weighted by Gasteiger charge is -2.33. The summed E-state index contributed by atoms with van der Waals surface area (Å²) in [5, 5.41) is 0. The minimum absolute atomic E-state index is 0.0513. The molecule has 31 heavy (non-hydrogen) atoms. The number of carbonyl (C=O) groups excluding carboxylic acids is 2. The molecular formula is C23H23F2NO5. The van der Waals surface area contributed by atoms with E-state index in [1.54, 1.807) is 24.3 Å². The Balaban J connectivity index is 1.49. The lowest BCUT2D eigenvalue weighted by Crippen LogP contribution is -2.45. The van der Waals surface area contributed by atoms with Gasteiger partial charge in [-0.25, -0.2) is 13.6 Å². The van der Waals surface area contributed by atoms with E-state index >= 15 is 0 Å². The molecule has 2 heterocycles. The van der Waals surface area contributed by atoms with Gasteiger partial charge < -0.3 is 19.1 Å². The lowest BCUT2D eigenvalue weighted by molar-refractivity contribution is -0.257.